The van der Waals surface area contributed by atoms with Gasteiger partial charge >= 0.3 is 0 Å². The van der Waals surface area contributed by atoms with Gasteiger partial charge in [-0.1, -0.05) is 0 Å². The summed E-state index contributed by atoms with van der Waals surface area (Å²) in [6.07, 6.45) is 1.21. The van der Waals surface area contributed by atoms with E-state index in [2.05, 4.69) is 6.92 Å². The number of rotatable bonds is 3. The molecule has 1 atom stereocenters. The van der Waals surface area contributed by atoms with Crippen LogP contribution in [0.2, 0.25) is 0 Å². The minimum Gasteiger partial charge on any atom is -0.332 e. The highest BCUT2D eigenvalue weighted by Crippen LogP contribution is 2.23. The molecule has 0 spiro atoms. The van der Waals surface area contributed by atoms with E-state index < -0.39 is 0 Å². The number of quaternary nitrogens is 1. The number of piperazine rings is 1. The normalized spacial score (nSPS) is 25.5. The number of hydrogen-bond acceptors (Lipinski definition) is 2. The van der Waals surface area contributed by atoms with Crippen LogP contribution in [0.15, 0.2) is 0 Å². The SMILES string of the molecule is CC[NH+]1CCN(C(=O)C2CCC(=O)N2C(C)C)CC1. The average Bonchev–Trinajstić information content (AvgIpc) is 2.80. The van der Waals surface area contributed by atoms with E-state index in [-0.39, 0.29) is 23.9 Å². The summed E-state index contributed by atoms with van der Waals surface area (Å²) in [4.78, 5) is 29.7. The van der Waals surface area contributed by atoms with Gasteiger partial charge in [0, 0.05) is 12.5 Å². The smallest absolute Gasteiger partial charge is 0.245 e. The first-order chi connectivity index (χ1) is 9.04. The highest BCUT2D eigenvalue weighted by Gasteiger charge is 2.40. The number of likely N-dealkylation sites (tertiary alicyclic amines) is 1. The number of nitrogens with one attached hydrogen (secondary N) is 1. The molecule has 2 aliphatic rings. The van der Waals surface area contributed by atoms with Gasteiger partial charge in [-0.25, -0.2) is 0 Å². The molecule has 2 fully saturated rings. The molecule has 0 aromatic carbocycles. The van der Waals surface area contributed by atoms with E-state index in [0.29, 0.717) is 12.8 Å². The standard InChI is InChI=1S/C14H25N3O2/c1-4-15-7-9-16(10-8-15)14(19)12-5-6-13(18)17(12)11(2)3/h11-12H,4-10H2,1-3H3/p+1. The summed E-state index contributed by atoms with van der Waals surface area (Å²) in [7, 11) is 0. The van der Waals surface area contributed by atoms with Crippen molar-refractivity contribution in [2.75, 3.05) is 32.7 Å². The van der Waals surface area contributed by atoms with E-state index in [1.807, 2.05) is 18.7 Å². The summed E-state index contributed by atoms with van der Waals surface area (Å²) in [6, 6.07) is -0.0952. The van der Waals surface area contributed by atoms with Gasteiger partial charge in [0.25, 0.3) is 0 Å². The lowest BCUT2D eigenvalue weighted by atomic mass is 10.1. The molecule has 2 amide bonds. The first kappa shape index (κ1) is 14.3. The summed E-state index contributed by atoms with van der Waals surface area (Å²) in [5.74, 6) is 0.292. The van der Waals surface area contributed by atoms with Crippen LogP contribution in [0.3, 0.4) is 0 Å². The van der Waals surface area contributed by atoms with Gasteiger partial charge in [0.05, 0.1) is 32.7 Å². The van der Waals surface area contributed by atoms with Crippen LogP contribution in [0.5, 0.6) is 0 Å². The van der Waals surface area contributed by atoms with Crippen molar-refractivity contribution < 1.29 is 14.5 Å². The second-order valence-electron chi connectivity index (χ2n) is 5.88. The molecule has 0 radical (unpaired) electrons. The molecule has 0 aromatic heterocycles. The third-order valence-electron chi connectivity index (χ3n) is 4.38. The summed E-state index contributed by atoms with van der Waals surface area (Å²) in [5.41, 5.74) is 0. The van der Waals surface area contributed by atoms with Crippen molar-refractivity contribution in [3.8, 4) is 0 Å². The first-order valence-electron chi connectivity index (χ1n) is 7.48. The van der Waals surface area contributed by atoms with Crippen molar-refractivity contribution in [3.05, 3.63) is 0 Å². The molecular formula is C14H26N3O2+. The summed E-state index contributed by atoms with van der Waals surface area (Å²) >= 11 is 0. The van der Waals surface area contributed by atoms with Crippen LogP contribution in [0.1, 0.15) is 33.6 Å². The maximum atomic E-state index is 12.6. The lowest BCUT2D eigenvalue weighted by Crippen LogP contribution is -3.14. The number of likely N-dealkylation sites (N-methyl/N-ethyl adjacent to an activating group) is 1. The lowest BCUT2D eigenvalue weighted by molar-refractivity contribution is -0.902. The van der Waals surface area contributed by atoms with Crippen molar-refractivity contribution in [1.82, 2.24) is 9.80 Å². The Morgan fingerprint density at radius 2 is 2.00 bits per heavy atom. The Kier molecular flexibility index (Phi) is 4.45. The van der Waals surface area contributed by atoms with Gasteiger partial charge in [-0.15, -0.1) is 0 Å². The van der Waals surface area contributed by atoms with Crippen molar-refractivity contribution in [3.63, 3.8) is 0 Å². The molecule has 0 aliphatic carbocycles. The van der Waals surface area contributed by atoms with Crippen LogP contribution in [-0.4, -0.2) is 66.4 Å². The molecule has 2 heterocycles. The second kappa shape index (κ2) is 5.90. The highest BCUT2D eigenvalue weighted by atomic mass is 16.2. The van der Waals surface area contributed by atoms with Crippen LogP contribution >= 0.6 is 0 Å². The molecule has 2 rings (SSSR count). The van der Waals surface area contributed by atoms with E-state index in [4.69, 9.17) is 0 Å². The van der Waals surface area contributed by atoms with Gasteiger partial charge in [0.1, 0.15) is 6.04 Å². The maximum absolute atomic E-state index is 12.6. The molecule has 5 nitrogen and oxygen atoms in total. The zero-order valence-electron chi connectivity index (χ0n) is 12.3. The van der Waals surface area contributed by atoms with Gasteiger partial charge in [-0.05, 0) is 27.2 Å². The van der Waals surface area contributed by atoms with Crippen LogP contribution in [0.25, 0.3) is 0 Å². The third-order valence-corrected chi connectivity index (χ3v) is 4.38. The number of carbonyl (C=O) groups is 2. The van der Waals surface area contributed by atoms with Gasteiger partial charge in [-0.2, -0.15) is 0 Å². The highest BCUT2D eigenvalue weighted by molar-refractivity contribution is 5.91. The minimum atomic E-state index is -0.212. The van der Waals surface area contributed by atoms with E-state index in [9.17, 15) is 9.59 Å². The van der Waals surface area contributed by atoms with Crippen LogP contribution in [0.4, 0.5) is 0 Å². The zero-order chi connectivity index (χ0) is 14.0. The number of amides is 2. The number of nitrogens with zero attached hydrogens (tertiary/aromatic N) is 2. The predicted molar refractivity (Wildman–Crippen MR) is 72.8 cm³/mol. The van der Waals surface area contributed by atoms with Gasteiger partial charge in [0.15, 0.2) is 0 Å². The quantitative estimate of drug-likeness (QED) is 0.723. The Morgan fingerprint density at radius 1 is 1.37 bits per heavy atom. The maximum Gasteiger partial charge on any atom is 0.245 e. The van der Waals surface area contributed by atoms with E-state index >= 15 is 0 Å². The number of carbonyl (C=O) groups excluding carboxylic acids is 2. The van der Waals surface area contributed by atoms with E-state index in [1.165, 1.54) is 0 Å². The fourth-order valence-electron chi connectivity index (χ4n) is 3.20. The van der Waals surface area contributed by atoms with E-state index in [1.54, 1.807) is 9.80 Å². The topological polar surface area (TPSA) is 45.1 Å². The van der Waals surface area contributed by atoms with E-state index in [0.717, 1.165) is 32.7 Å². The summed E-state index contributed by atoms with van der Waals surface area (Å²) in [6.45, 7) is 11.0. The van der Waals surface area contributed by atoms with Gasteiger partial charge in [-0.3, -0.25) is 9.59 Å². The zero-order valence-corrected chi connectivity index (χ0v) is 12.3. The third kappa shape index (κ3) is 2.91. The second-order valence-corrected chi connectivity index (χ2v) is 5.88. The lowest BCUT2D eigenvalue weighted by Gasteiger charge is -2.36. The average molecular weight is 268 g/mol. The van der Waals surface area contributed by atoms with Crippen molar-refractivity contribution in [1.29, 1.82) is 0 Å². The molecule has 2 saturated heterocycles. The van der Waals surface area contributed by atoms with Crippen molar-refractivity contribution in [2.24, 2.45) is 0 Å². The van der Waals surface area contributed by atoms with Crippen molar-refractivity contribution >= 4 is 11.8 Å². The minimum absolute atomic E-state index is 0.117. The molecule has 108 valence electrons. The Balaban J connectivity index is 1.98. The van der Waals surface area contributed by atoms with Crippen LogP contribution in [-0.2, 0) is 9.59 Å². The molecule has 0 bridgehead atoms. The molecule has 1 unspecified atom stereocenters. The van der Waals surface area contributed by atoms with Crippen molar-refractivity contribution in [2.45, 2.75) is 45.7 Å². The van der Waals surface area contributed by atoms with Gasteiger partial charge < -0.3 is 14.7 Å². The molecule has 1 N–H and O–H groups in total. The molecule has 2 aliphatic heterocycles. The largest absolute Gasteiger partial charge is 0.332 e. The molecule has 0 aromatic rings. The molecule has 19 heavy (non-hydrogen) atoms. The molecule has 5 heteroatoms. The Hall–Kier alpha value is -1.10. The predicted octanol–water partition coefficient (Wildman–Crippen LogP) is -0.867. The summed E-state index contributed by atoms with van der Waals surface area (Å²) in [5, 5.41) is 0. The Labute approximate surface area is 115 Å². The molecule has 0 saturated carbocycles. The van der Waals surface area contributed by atoms with Gasteiger partial charge in [0.2, 0.25) is 11.8 Å². The van der Waals surface area contributed by atoms with Crippen LogP contribution < -0.4 is 4.90 Å². The fourth-order valence-corrected chi connectivity index (χ4v) is 3.20. The number of hydrogen-bond donors (Lipinski definition) is 1. The Morgan fingerprint density at radius 3 is 2.53 bits per heavy atom. The monoisotopic (exact) mass is 268 g/mol. The molecular weight excluding hydrogens is 242 g/mol. The Bertz CT molecular complexity index is 349. The summed E-state index contributed by atoms with van der Waals surface area (Å²) < 4.78 is 0. The fraction of sp³-hybridized carbons (Fsp3) is 0.857. The first-order valence-corrected chi connectivity index (χ1v) is 7.48. The van der Waals surface area contributed by atoms with Crippen LogP contribution in [0, 0.1) is 0 Å².